The summed E-state index contributed by atoms with van der Waals surface area (Å²) in [6, 6.07) is 69.2. The lowest BCUT2D eigenvalue weighted by atomic mass is 9.69. The number of hydrogen-bond acceptors (Lipinski definition) is 1. The zero-order valence-electron chi connectivity index (χ0n) is 34.3. The van der Waals surface area contributed by atoms with Gasteiger partial charge < -0.3 is 0 Å². The van der Waals surface area contributed by atoms with Gasteiger partial charge in [-0.3, -0.25) is 4.79 Å². The second kappa shape index (κ2) is 12.1. The van der Waals surface area contributed by atoms with Gasteiger partial charge in [0, 0.05) is 11.1 Å². The average molecular weight is 777 g/mol. The van der Waals surface area contributed by atoms with Gasteiger partial charge in [0.1, 0.15) is 0 Å². The summed E-state index contributed by atoms with van der Waals surface area (Å²) in [6.07, 6.45) is 0. The first-order valence-electron chi connectivity index (χ1n) is 21.5. The summed E-state index contributed by atoms with van der Waals surface area (Å²) in [4.78, 5) is 15.3. The van der Waals surface area contributed by atoms with Crippen molar-refractivity contribution in [3.8, 4) is 55.6 Å². The summed E-state index contributed by atoms with van der Waals surface area (Å²) in [5, 5.41) is 0. The fraction of sp³-hybridized carbons (Fsp3) is 0.0833. The molecule has 9 aromatic carbocycles. The van der Waals surface area contributed by atoms with E-state index < -0.39 is 10.8 Å². The highest BCUT2D eigenvalue weighted by molar-refractivity contribution is 6.11. The first-order valence-corrected chi connectivity index (χ1v) is 21.5. The molecular weight excluding hydrogens is 737 g/mol. The van der Waals surface area contributed by atoms with E-state index in [9.17, 15) is 0 Å². The maximum Gasteiger partial charge on any atom is 0.193 e. The second-order valence-corrected chi connectivity index (χ2v) is 17.7. The lowest BCUT2D eigenvalue weighted by Crippen LogP contribution is -2.26. The van der Waals surface area contributed by atoms with Crippen molar-refractivity contribution in [3.63, 3.8) is 0 Å². The van der Waals surface area contributed by atoms with E-state index in [-0.39, 0.29) is 5.78 Å². The van der Waals surface area contributed by atoms with E-state index in [2.05, 4.69) is 209 Å². The molecule has 13 rings (SSSR count). The Balaban J connectivity index is 1.03. The predicted molar refractivity (Wildman–Crippen MR) is 249 cm³/mol. The van der Waals surface area contributed by atoms with Crippen LogP contribution in [0.25, 0.3) is 55.6 Å². The van der Waals surface area contributed by atoms with Gasteiger partial charge in [-0.1, -0.05) is 181 Å². The van der Waals surface area contributed by atoms with Crippen molar-refractivity contribution in [3.05, 3.63) is 260 Å². The molecule has 0 heterocycles. The Bertz CT molecular complexity index is 3370. The molecule has 0 bridgehead atoms. The van der Waals surface area contributed by atoms with E-state index in [0.717, 1.165) is 0 Å². The third-order valence-electron chi connectivity index (χ3n) is 14.6. The van der Waals surface area contributed by atoms with E-state index in [0.29, 0.717) is 11.1 Å². The van der Waals surface area contributed by atoms with Gasteiger partial charge in [0.05, 0.1) is 10.8 Å². The Hall–Kier alpha value is -7.35. The fourth-order valence-corrected chi connectivity index (χ4v) is 12.1. The minimum Gasteiger partial charge on any atom is -0.289 e. The van der Waals surface area contributed by atoms with Crippen molar-refractivity contribution in [2.45, 2.75) is 31.6 Å². The van der Waals surface area contributed by atoms with Crippen LogP contribution in [0.3, 0.4) is 0 Å². The minimum atomic E-state index is -0.590. The largest absolute Gasteiger partial charge is 0.289 e. The Labute approximate surface area is 356 Å². The SMILES string of the molecule is Cc1ccc(C)c(-c2ccc3c(c2)C2(c4ccccc4-c4ccc(C(=O)c5ccc6c(c5)C5(c7ccccc7-c7ccccc75)c5ccccc5-6)cc42)c2cc(C)ccc2-3)c1. The van der Waals surface area contributed by atoms with Crippen molar-refractivity contribution in [1.29, 1.82) is 0 Å². The zero-order chi connectivity index (χ0) is 40.8. The molecular formula is C60H40O. The van der Waals surface area contributed by atoms with Crippen molar-refractivity contribution in [2.75, 3.05) is 0 Å². The monoisotopic (exact) mass is 776 g/mol. The van der Waals surface area contributed by atoms with Gasteiger partial charge in [0.2, 0.25) is 0 Å². The van der Waals surface area contributed by atoms with Gasteiger partial charge in [0.15, 0.2) is 5.78 Å². The number of benzene rings is 9. The molecule has 9 aromatic rings. The maximum atomic E-state index is 15.3. The normalized spacial score (nSPS) is 16.0. The lowest BCUT2D eigenvalue weighted by molar-refractivity contribution is 0.103. The molecule has 1 unspecified atom stereocenters. The molecule has 0 saturated heterocycles. The summed E-state index contributed by atoms with van der Waals surface area (Å²) in [5.41, 5.74) is 26.4. The summed E-state index contributed by atoms with van der Waals surface area (Å²) in [7, 11) is 0. The molecule has 2 spiro atoms. The standard InChI is InChI=1S/C60H40O/c1-35-20-22-37(3)49(30-35)38-23-27-48-45-26-21-36(2)31-54(45)60(55(48)32-38)53-19-11-7-15-44(53)47-29-25-40(34-57(47)60)58(61)39-24-28-46-43-14-6-10-18-52(43)59(56(46)33-39)50-16-8-4-12-41(50)42-13-5-9-17-51(42)59/h4-34H,1-3H3. The summed E-state index contributed by atoms with van der Waals surface area (Å²) < 4.78 is 0. The van der Waals surface area contributed by atoms with Gasteiger partial charge in [-0.25, -0.2) is 0 Å². The number of carbonyl (C=O) groups excluding carboxylic acids is 1. The van der Waals surface area contributed by atoms with E-state index in [1.807, 2.05) is 0 Å². The van der Waals surface area contributed by atoms with Crippen LogP contribution >= 0.6 is 0 Å². The molecule has 0 amide bonds. The van der Waals surface area contributed by atoms with Crippen molar-refractivity contribution in [2.24, 2.45) is 0 Å². The zero-order valence-corrected chi connectivity index (χ0v) is 34.3. The topological polar surface area (TPSA) is 17.1 Å². The van der Waals surface area contributed by atoms with Crippen LogP contribution in [-0.2, 0) is 10.8 Å². The lowest BCUT2D eigenvalue weighted by Gasteiger charge is -2.31. The Morgan fingerprint density at radius 1 is 0.311 bits per heavy atom. The molecule has 1 heteroatoms. The van der Waals surface area contributed by atoms with Crippen LogP contribution in [0.15, 0.2) is 188 Å². The quantitative estimate of drug-likeness (QED) is 0.163. The summed E-state index contributed by atoms with van der Waals surface area (Å²) >= 11 is 0. The number of hydrogen-bond donors (Lipinski definition) is 0. The highest BCUT2D eigenvalue weighted by Crippen LogP contribution is 2.65. The van der Waals surface area contributed by atoms with Gasteiger partial charge >= 0.3 is 0 Å². The highest BCUT2D eigenvalue weighted by Gasteiger charge is 2.53. The van der Waals surface area contributed by atoms with E-state index in [1.54, 1.807) is 0 Å². The van der Waals surface area contributed by atoms with Crippen molar-refractivity contribution < 1.29 is 4.79 Å². The van der Waals surface area contributed by atoms with Crippen LogP contribution in [0.2, 0.25) is 0 Å². The molecule has 61 heavy (non-hydrogen) atoms. The highest BCUT2D eigenvalue weighted by atomic mass is 16.1. The van der Waals surface area contributed by atoms with Crippen LogP contribution < -0.4 is 0 Å². The van der Waals surface area contributed by atoms with Crippen molar-refractivity contribution >= 4 is 5.78 Å². The molecule has 0 radical (unpaired) electrons. The molecule has 1 atom stereocenters. The van der Waals surface area contributed by atoms with Crippen LogP contribution in [0.1, 0.15) is 77.1 Å². The molecule has 0 N–H and O–H groups in total. The molecule has 0 aliphatic heterocycles. The molecule has 4 aliphatic carbocycles. The first-order chi connectivity index (χ1) is 29.9. The van der Waals surface area contributed by atoms with Gasteiger partial charge in [0.25, 0.3) is 0 Å². The van der Waals surface area contributed by atoms with E-state index in [4.69, 9.17) is 0 Å². The van der Waals surface area contributed by atoms with Crippen molar-refractivity contribution in [1.82, 2.24) is 0 Å². The first kappa shape index (κ1) is 34.5. The Morgan fingerprint density at radius 3 is 1.18 bits per heavy atom. The van der Waals surface area contributed by atoms with Gasteiger partial charge in [-0.05, 0) is 145 Å². The Morgan fingerprint density at radius 2 is 0.672 bits per heavy atom. The minimum absolute atomic E-state index is 0.0363. The molecule has 1 nitrogen and oxygen atoms in total. The Kier molecular flexibility index (Phi) is 6.86. The van der Waals surface area contributed by atoms with Crippen LogP contribution in [0, 0.1) is 20.8 Å². The smallest absolute Gasteiger partial charge is 0.193 e. The third-order valence-corrected chi connectivity index (χ3v) is 14.6. The van der Waals surface area contributed by atoms with Gasteiger partial charge in [-0.15, -0.1) is 0 Å². The number of fused-ring (bicyclic) bond motifs is 20. The maximum absolute atomic E-state index is 15.3. The summed E-state index contributed by atoms with van der Waals surface area (Å²) in [6.45, 7) is 6.57. The van der Waals surface area contributed by atoms with Gasteiger partial charge in [-0.2, -0.15) is 0 Å². The van der Waals surface area contributed by atoms with E-state index in [1.165, 1.54) is 117 Å². The van der Waals surface area contributed by atoms with Crippen LogP contribution in [0.4, 0.5) is 0 Å². The number of ketones is 1. The predicted octanol–water partition coefficient (Wildman–Crippen LogP) is 14.2. The average Bonchev–Trinajstić information content (AvgIpc) is 3.97. The number of rotatable bonds is 3. The molecule has 286 valence electrons. The van der Waals surface area contributed by atoms with Crippen LogP contribution in [-0.4, -0.2) is 5.78 Å². The third kappa shape index (κ3) is 4.28. The van der Waals surface area contributed by atoms with Crippen LogP contribution in [0.5, 0.6) is 0 Å². The second-order valence-electron chi connectivity index (χ2n) is 17.7. The summed E-state index contributed by atoms with van der Waals surface area (Å²) in [5.74, 6) is 0.0363. The molecule has 0 fully saturated rings. The fourth-order valence-electron chi connectivity index (χ4n) is 12.1. The molecule has 0 aromatic heterocycles. The number of aryl methyl sites for hydroxylation is 3. The molecule has 4 aliphatic rings. The number of carbonyl (C=O) groups is 1. The van der Waals surface area contributed by atoms with E-state index >= 15 is 4.79 Å². The molecule has 0 saturated carbocycles.